The Hall–Kier alpha value is -4.29. The van der Waals surface area contributed by atoms with Crippen LogP contribution in [0.4, 0.5) is 17.2 Å². The number of hydrogen-bond donors (Lipinski definition) is 10. The summed E-state index contributed by atoms with van der Waals surface area (Å²) in [6, 6.07) is 13.2. The molecule has 2 aromatic carbocycles. The zero-order valence-corrected chi connectivity index (χ0v) is 30.4. The van der Waals surface area contributed by atoms with Crippen LogP contribution in [-0.2, 0) is 42.9 Å². The van der Waals surface area contributed by atoms with Crippen molar-refractivity contribution >= 4 is 68.4 Å². The van der Waals surface area contributed by atoms with Gasteiger partial charge in [0, 0.05) is 53.3 Å². The maximum Gasteiger partial charge on any atom is 0.490 e. The number of nitrogens with zero attached hydrogens (tertiary/aromatic N) is 3. The molecule has 6 atom stereocenters. The molecule has 0 aliphatic carbocycles. The molecule has 25 heteroatoms. The van der Waals surface area contributed by atoms with E-state index in [1.165, 1.54) is 0 Å². The number of aliphatic hydroxyl groups excluding tert-OH is 2. The molecule has 3 heterocycles. The van der Waals surface area contributed by atoms with E-state index in [0.29, 0.717) is 28.9 Å². The number of carbonyl (C=O) groups is 1. The average Bonchev–Trinajstić information content (AvgIpc) is 3.33. The van der Waals surface area contributed by atoms with E-state index in [1.807, 2.05) is 42.5 Å². The Morgan fingerprint density at radius 3 is 2.19 bits per heavy atom. The largest absolute Gasteiger partial charge is 0.490 e. The van der Waals surface area contributed by atoms with E-state index in [9.17, 15) is 43.3 Å². The number of rotatable bonds is 13. The molecule has 2 aromatic heterocycles. The molecule has 1 saturated heterocycles. The fourth-order valence-electron chi connectivity index (χ4n) is 5.47. The van der Waals surface area contributed by atoms with E-state index < -0.39 is 60.3 Å². The molecule has 0 bridgehead atoms. The molecule has 4 aromatic rings. The van der Waals surface area contributed by atoms with Crippen LogP contribution in [0.1, 0.15) is 24.6 Å². The van der Waals surface area contributed by atoms with Crippen molar-refractivity contribution in [3.63, 3.8) is 0 Å². The van der Waals surface area contributed by atoms with Gasteiger partial charge in [-0.15, -0.1) is 0 Å². The van der Waals surface area contributed by atoms with Crippen molar-refractivity contribution in [2.24, 2.45) is 0 Å². The van der Waals surface area contributed by atoms with Crippen molar-refractivity contribution in [2.75, 3.05) is 30.4 Å². The minimum absolute atomic E-state index is 0.0383. The third-order valence-electron chi connectivity index (χ3n) is 7.79. The van der Waals surface area contributed by atoms with Gasteiger partial charge in [0.2, 0.25) is 16.9 Å². The molecular weight excluding hydrogens is 779 g/mol. The number of carbonyl (C=O) groups excluding carboxylic acids is 1. The summed E-state index contributed by atoms with van der Waals surface area (Å²) in [7, 11) is -17.0. The molecule has 4 unspecified atom stereocenters. The molecule has 290 valence electrons. The summed E-state index contributed by atoms with van der Waals surface area (Å²) >= 11 is 0. The van der Waals surface area contributed by atoms with Crippen molar-refractivity contribution < 1.29 is 70.7 Å². The quantitative estimate of drug-likeness (QED) is 0.0267. The smallest absolute Gasteiger partial charge is 0.399 e. The van der Waals surface area contributed by atoms with Gasteiger partial charge in [0.15, 0.2) is 6.23 Å². The van der Waals surface area contributed by atoms with Crippen molar-refractivity contribution in [1.82, 2.24) is 14.9 Å². The summed E-state index contributed by atoms with van der Waals surface area (Å²) in [6.45, 7) is -0.756. The number of nitrogens with one attached hydrogen (secondary N) is 1. The van der Waals surface area contributed by atoms with E-state index in [1.54, 1.807) is 0 Å². The molecule has 0 radical (unpaired) electrons. The number of pyridine rings is 1. The number of aliphatic hydroxyl groups is 2. The fraction of sp³-hybridized carbons (Fsp3) is 0.310. The molecule has 13 N–H and O–H groups in total. The first-order valence-electron chi connectivity index (χ1n) is 15.6. The van der Waals surface area contributed by atoms with E-state index in [2.05, 4.69) is 39.9 Å². The summed E-state index contributed by atoms with van der Waals surface area (Å²) in [5, 5.41) is 25.6. The standard InChI is InChI=1S/C29H34N7O15P3/c30-19-7-5-16-11-17-6-8-20(31)13-22(17)35(21(16)12-19)10-2-4-24(37)33-9-1-3-18-14-36(29(40)34-27(18)32)28-26(39)25(38)23(49-28)15-48-53(44,45)51-54(46,47)50-52(41,42)43/h5-8,11-14,23,25-26,28,38-39H,2,4,9-10,15H2,(H10,30,31,32,33,34,37,40,41,42,43,44,45,46,47)/p+1/t23?,25-,26-,28?/m1/s1. The highest BCUT2D eigenvalue weighted by Crippen LogP contribution is 2.66. The summed E-state index contributed by atoms with van der Waals surface area (Å²) in [6.07, 6.45) is -5.45. The van der Waals surface area contributed by atoms with Crippen LogP contribution in [0, 0.1) is 11.8 Å². The van der Waals surface area contributed by atoms with Gasteiger partial charge in [-0.1, -0.05) is 11.8 Å². The molecule has 0 spiro atoms. The molecular formula is C29H35N7O15P3+. The van der Waals surface area contributed by atoms with E-state index in [0.717, 1.165) is 28.0 Å². The number of nitrogen functional groups attached to an aromatic ring is 3. The second kappa shape index (κ2) is 16.2. The number of ether oxygens (including phenoxy) is 1. The SMILES string of the molecule is Nc1ccc2cc3ccc(N)cc3[n+](CCCC(=O)NCC#Cc3cn(C4OC(COP(=O)(O)OP(=O)(O)OP(=O)(O)O)[C@@H](O)[C@H]4O)c(=O)nc3N)c2c1. The number of fused-ring (bicyclic) bond motifs is 2. The highest BCUT2D eigenvalue weighted by Gasteiger charge is 2.47. The Morgan fingerprint density at radius 1 is 0.944 bits per heavy atom. The Balaban J connectivity index is 1.18. The Labute approximate surface area is 304 Å². The van der Waals surface area contributed by atoms with Gasteiger partial charge in [0.1, 0.15) is 30.7 Å². The van der Waals surface area contributed by atoms with Crippen molar-refractivity contribution in [3.8, 4) is 11.8 Å². The molecule has 0 saturated carbocycles. The van der Waals surface area contributed by atoms with E-state index in [4.69, 9.17) is 31.7 Å². The van der Waals surface area contributed by atoms with Crippen molar-refractivity contribution in [1.29, 1.82) is 0 Å². The monoisotopic (exact) mass is 814 g/mol. The number of hydrogen-bond acceptors (Lipinski definition) is 15. The lowest BCUT2D eigenvalue weighted by Crippen LogP contribution is -2.36. The van der Waals surface area contributed by atoms with Crippen LogP contribution in [0.15, 0.2) is 53.5 Å². The minimum atomic E-state index is -5.82. The molecule has 1 aliphatic heterocycles. The summed E-state index contributed by atoms with van der Waals surface area (Å²) in [4.78, 5) is 65.2. The number of phosphoric ester groups is 1. The summed E-state index contributed by atoms with van der Waals surface area (Å²) in [5.41, 5.74) is 19.8. The first kappa shape index (κ1) is 40.9. The number of anilines is 3. The predicted molar refractivity (Wildman–Crippen MR) is 188 cm³/mol. The van der Waals surface area contributed by atoms with Gasteiger partial charge in [-0.05, 0) is 30.3 Å². The topological polar surface area (TPSA) is 355 Å². The van der Waals surface area contributed by atoms with Gasteiger partial charge in [0.05, 0.1) is 18.7 Å². The Kier molecular flexibility index (Phi) is 12.3. The molecule has 22 nitrogen and oxygen atoms in total. The highest BCUT2D eigenvalue weighted by atomic mass is 31.3. The lowest BCUT2D eigenvalue weighted by atomic mass is 10.1. The van der Waals surface area contributed by atoms with Crippen LogP contribution >= 0.6 is 23.5 Å². The van der Waals surface area contributed by atoms with Gasteiger partial charge in [-0.2, -0.15) is 18.2 Å². The molecule has 5 rings (SSSR count). The van der Waals surface area contributed by atoms with Crippen LogP contribution < -0.4 is 32.8 Å². The number of nitrogens with two attached hydrogens (primary N) is 3. The number of phosphoric acid groups is 3. The maximum atomic E-state index is 12.7. The van der Waals surface area contributed by atoms with Crippen LogP contribution in [-0.4, -0.2) is 76.7 Å². The number of amides is 1. The van der Waals surface area contributed by atoms with Gasteiger partial charge < -0.3 is 57.0 Å². The average molecular weight is 815 g/mol. The van der Waals surface area contributed by atoms with Gasteiger partial charge >= 0.3 is 29.2 Å². The summed E-state index contributed by atoms with van der Waals surface area (Å²) in [5.74, 6) is 4.71. The third-order valence-corrected chi connectivity index (χ3v) is 11.6. The number of benzene rings is 2. The highest BCUT2D eigenvalue weighted by molar-refractivity contribution is 7.66. The number of aryl methyl sites for hydroxylation is 1. The predicted octanol–water partition coefficient (Wildman–Crippen LogP) is -0.506. The number of aromatic nitrogens is 3. The Bertz CT molecular complexity index is 2300. The zero-order valence-electron chi connectivity index (χ0n) is 27.7. The minimum Gasteiger partial charge on any atom is -0.399 e. The first-order chi connectivity index (χ1) is 25.2. The molecule has 1 aliphatic rings. The molecule has 54 heavy (non-hydrogen) atoms. The first-order valence-corrected chi connectivity index (χ1v) is 20.1. The van der Waals surface area contributed by atoms with E-state index in [-0.39, 0.29) is 30.3 Å². The van der Waals surface area contributed by atoms with Crippen LogP contribution in [0.3, 0.4) is 0 Å². The van der Waals surface area contributed by atoms with Crippen LogP contribution in [0.5, 0.6) is 0 Å². The fourth-order valence-corrected chi connectivity index (χ4v) is 8.50. The third kappa shape index (κ3) is 10.3. The van der Waals surface area contributed by atoms with Crippen molar-refractivity contribution in [2.45, 2.75) is 43.9 Å². The zero-order chi connectivity index (χ0) is 39.6. The van der Waals surface area contributed by atoms with Gasteiger partial charge in [-0.3, -0.25) is 13.9 Å². The van der Waals surface area contributed by atoms with Crippen LogP contribution in [0.2, 0.25) is 0 Å². The second-order valence-corrected chi connectivity index (χ2v) is 16.2. The normalized spacial score (nSPS) is 20.9. The van der Waals surface area contributed by atoms with Gasteiger partial charge in [-0.25, -0.2) is 18.5 Å². The molecule has 1 amide bonds. The second-order valence-electron chi connectivity index (χ2n) is 11.8. The van der Waals surface area contributed by atoms with Crippen molar-refractivity contribution in [3.05, 3.63) is 64.7 Å². The lowest BCUT2D eigenvalue weighted by molar-refractivity contribution is -0.645. The summed E-state index contributed by atoms with van der Waals surface area (Å²) < 4.78 is 54.2. The maximum absolute atomic E-state index is 12.7. The van der Waals surface area contributed by atoms with Crippen LogP contribution in [0.25, 0.3) is 21.8 Å². The Morgan fingerprint density at radius 2 is 1.57 bits per heavy atom. The van der Waals surface area contributed by atoms with E-state index >= 15 is 0 Å². The lowest BCUT2D eigenvalue weighted by Gasteiger charge is -2.19. The van der Waals surface area contributed by atoms with Gasteiger partial charge in [0.25, 0.3) is 0 Å². The molecule has 1 fully saturated rings.